The van der Waals surface area contributed by atoms with Crippen molar-refractivity contribution in [2.75, 3.05) is 10.7 Å². The third-order valence-electron chi connectivity index (χ3n) is 3.33. The largest absolute Gasteiger partial charge is 0.320 e. The van der Waals surface area contributed by atoms with E-state index in [4.69, 9.17) is 23.2 Å². The van der Waals surface area contributed by atoms with Crippen molar-refractivity contribution in [1.29, 1.82) is 0 Å². The van der Waals surface area contributed by atoms with E-state index < -0.39 is 5.91 Å². The van der Waals surface area contributed by atoms with Crippen LogP contribution in [0.4, 0.5) is 11.4 Å². The van der Waals surface area contributed by atoms with Gasteiger partial charge in [0.2, 0.25) is 5.17 Å². The van der Waals surface area contributed by atoms with Crippen molar-refractivity contribution < 1.29 is 4.79 Å². The predicted molar refractivity (Wildman–Crippen MR) is 101 cm³/mol. The predicted octanol–water partition coefficient (Wildman–Crippen LogP) is 5.10. The molecule has 0 unspecified atom stereocenters. The van der Waals surface area contributed by atoms with E-state index in [0.717, 1.165) is 16.5 Å². The van der Waals surface area contributed by atoms with Crippen molar-refractivity contribution in [1.82, 2.24) is 0 Å². The van der Waals surface area contributed by atoms with Gasteiger partial charge in [-0.05, 0) is 29.7 Å². The lowest BCUT2D eigenvalue weighted by molar-refractivity contribution is -0.110. The summed E-state index contributed by atoms with van der Waals surface area (Å²) >= 11 is 11.8. The highest BCUT2D eigenvalue weighted by Crippen LogP contribution is 2.23. The van der Waals surface area contributed by atoms with Crippen molar-refractivity contribution in [3.05, 3.63) is 71.8 Å². The summed E-state index contributed by atoms with van der Waals surface area (Å²) in [4.78, 5) is 12.1. The Kier molecular flexibility index (Phi) is 4.99. The summed E-state index contributed by atoms with van der Waals surface area (Å²) in [6.07, 6.45) is 0. The second kappa shape index (κ2) is 7.34. The van der Waals surface area contributed by atoms with Crippen LogP contribution in [0.2, 0.25) is 5.02 Å². The molecule has 0 aliphatic carbocycles. The van der Waals surface area contributed by atoms with Gasteiger partial charge in [0.05, 0.1) is 5.69 Å². The summed E-state index contributed by atoms with van der Waals surface area (Å²) < 4.78 is 0. The summed E-state index contributed by atoms with van der Waals surface area (Å²) in [5.74, 6) is -0.522. The summed E-state index contributed by atoms with van der Waals surface area (Å²) in [6.45, 7) is 0. The van der Waals surface area contributed by atoms with Gasteiger partial charge in [-0.1, -0.05) is 65.7 Å². The third-order valence-corrected chi connectivity index (χ3v) is 3.83. The number of hydrogen-bond donors (Lipinski definition) is 2. The van der Waals surface area contributed by atoms with Gasteiger partial charge in [0, 0.05) is 16.1 Å². The number of hydrazone groups is 1. The Morgan fingerprint density at radius 3 is 2.54 bits per heavy atom. The van der Waals surface area contributed by atoms with Gasteiger partial charge in [0.15, 0.2) is 0 Å². The van der Waals surface area contributed by atoms with E-state index in [1.807, 2.05) is 42.5 Å². The van der Waals surface area contributed by atoms with Crippen molar-refractivity contribution in [2.45, 2.75) is 0 Å². The van der Waals surface area contributed by atoms with Crippen molar-refractivity contribution in [3.8, 4) is 0 Å². The van der Waals surface area contributed by atoms with Crippen LogP contribution in [0.5, 0.6) is 0 Å². The molecule has 3 rings (SSSR count). The van der Waals surface area contributed by atoms with E-state index in [1.165, 1.54) is 0 Å². The molecule has 0 heterocycles. The minimum Gasteiger partial charge on any atom is -0.320 e. The molecule has 0 bridgehead atoms. The number of carbonyl (C=O) groups is 1. The van der Waals surface area contributed by atoms with E-state index in [9.17, 15) is 4.79 Å². The number of anilines is 2. The van der Waals surface area contributed by atoms with Gasteiger partial charge in [-0.15, -0.1) is 0 Å². The highest BCUT2D eigenvalue weighted by Gasteiger charge is 2.09. The summed E-state index contributed by atoms with van der Waals surface area (Å²) in [5, 5.41) is 8.95. The molecule has 120 valence electrons. The van der Waals surface area contributed by atoms with Gasteiger partial charge in [-0.3, -0.25) is 10.2 Å². The Balaban J connectivity index is 1.74. The molecule has 1 amide bonds. The van der Waals surface area contributed by atoms with Gasteiger partial charge in [0.25, 0.3) is 5.91 Å². The molecule has 24 heavy (non-hydrogen) atoms. The Bertz CT molecular complexity index is 920. The second-order valence-electron chi connectivity index (χ2n) is 5.01. The molecular weight excluding hydrogens is 345 g/mol. The average molecular weight is 358 g/mol. The fourth-order valence-corrected chi connectivity index (χ4v) is 2.51. The fraction of sp³-hybridized carbons (Fsp3) is 0. The first kappa shape index (κ1) is 16.3. The molecule has 0 aliphatic rings. The summed E-state index contributed by atoms with van der Waals surface area (Å²) in [6, 6.07) is 20.4. The lowest BCUT2D eigenvalue weighted by Crippen LogP contribution is -2.19. The van der Waals surface area contributed by atoms with Gasteiger partial charge in [-0.25, -0.2) is 0 Å². The van der Waals surface area contributed by atoms with Gasteiger partial charge >= 0.3 is 0 Å². The molecule has 0 saturated heterocycles. The number of amides is 1. The maximum absolute atomic E-state index is 12.1. The minimum atomic E-state index is -0.522. The van der Waals surface area contributed by atoms with Crippen LogP contribution in [-0.2, 0) is 4.79 Å². The fourth-order valence-electron chi connectivity index (χ4n) is 2.23. The number of nitrogens with zero attached hydrogens (tertiary/aromatic N) is 1. The Morgan fingerprint density at radius 2 is 1.71 bits per heavy atom. The number of benzene rings is 3. The van der Waals surface area contributed by atoms with E-state index in [2.05, 4.69) is 15.8 Å². The molecule has 0 spiro atoms. The first-order chi connectivity index (χ1) is 11.6. The van der Waals surface area contributed by atoms with Gasteiger partial charge in [-0.2, -0.15) is 5.10 Å². The van der Waals surface area contributed by atoms with E-state index in [0.29, 0.717) is 10.7 Å². The van der Waals surface area contributed by atoms with Crippen LogP contribution in [0, 0.1) is 0 Å². The first-order valence-electron chi connectivity index (χ1n) is 7.17. The van der Waals surface area contributed by atoms with Crippen LogP contribution >= 0.6 is 23.2 Å². The Morgan fingerprint density at radius 1 is 0.958 bits per heavy atom. The average Bonchev–Trinajstić information content (AvgIpc) is 2.59. The van der Waals surface area contributed by atoms with E-state index in [1.54, 1.807) is 24.3 Å². The van der Waals surface area contributed by atoms with Crippen LogP contribution in [-0.4, -0.2) is 11.1 Å². The molecular formula is C18H13Cl2N3O. The molecule has 0 saturated carbocycles. The summed E-state index contributed by atoms with van der Waals surface area (Å²) in [5.41, 5.74) is 4.15. The molecule has 4 nitrogen and oxygen atoms in total. The molecule has 0 aliphatic heterocycles. The number of halogens is 2. The van der Waals surface area contributed by atoms with Crippen LogP contribution in [0.25, 0.3) is 10.8 Å². The molecule has 6 heteroatoms. The molecule has 3 aromatic rings. The number of carbonyl (C=O) groups excluding carboxylic acids is 1. The lowest BCUT2D eigenvalue weighted by atomic mass is 10.1. The molecule has 0 radical (unpaired) electrons. The lowest BCUT2D eigenvalue weighted by Gasteiger charge is -2.07. The quantitative estimate of drug-likeness (QED) is 0.504. The van der Waals surface area contributed by atoms with Crippen molar-refractivity contribution in [2.24, 2.45) is 5.10 Å². The van der Waals surface area contributed by atoms with E-state index in [-0.39, 0.29) is 5.17 Å². The van der Waals surface area contributed by atoms with Gasteiger partial charge in [0.1, 0.15) is 0 Å². The topological polar surface area (TPSA) is 53.5 Å². The number of rotatable bonds is 4. The molecule has 0 aromatic heterocycles. The number of fused-ring (bicyclic) bond motifs is 1. The zero-order chi connectivity index (χ0) is 16.9. The highest BCUT2D eigenvalue weighted by atomic mass is 35.5. The van der Waals surface area contributed by atoms with Crippen LogP contribution < -0.4 is 10.7 Å². The SMILES string of the molecule is O=C(Nc1cccc(Cl)c1)/C(Cl)=N/Nc1cccc2ccccc12. The standard InChI is InChI=1S/C18H13Cl2N3O/c19-13-7-4-8-14(11-13)21-18(24)17(20)23-22-16-10-3-6-12-5-1-2-9-15(12)16/h1-11,22H,(H,21,24)/b23-17-. The molecule has 3 aromatic carbocycles. The molecule has 0 atom stereocenters. The molecule has 0 fully saturated rings. The maximum Gasteiger partial charge on any atom is 0.287 e. The first-order valence-corrected chi connectivity index (χ1v) is 7.93. The summed E-state index contributed by atoms with van der Waals surface area (Å²) in [7, 11) is 0. The normalized spacial score (nSPS) is 11.3. The number of hydrogen-bond acceptors (Lipinski definition) is 3. The molecule has 2 N–H and O–H groups in total. The van der Waals surface area contributed by atoms with Crippen LogP contribution in [0.1, 0.15) is 0 Å². The third kappa shape index (κ3) is 3.85. The highest BCUT2D eigenvalue weighted by molar-refractivity contribution is 6.84. The van der Waals surface area contributed by atoms with Crippen molar-refractivity contribution >= 4 is 56.4 Å². The van der Waals surface area contributed by atoms with Gasteiger partial charge < -0.3 is 5.32 Å². The van der Waals surface area contributed by atoms with Crippen molar-refractivity contribution in [3.63, 3.8) is 0 Å². The van der Waals surface area contributed by atoms with Crippen LogP contribution in [0.15, 0.2) is 71.8 Å². The Hall–Kier alpha value is -2.56. The smallest absolute Gasteiger partial charge is 0.287 e. The van der Waals surface area contributed by atoms with E-state index >= 15 is 0 Å². The Labute approximate surface area is 149 Å². The zero-order valence-corrected chi connectivity index (χ0v) is 14.0. The monoisotopic (exact) mass is 357 g/mol. The second-order valence-corrected chi connectivity index (χ2v) is 5.80. The zero-order valence-electron chi connectivity index (χ0n) is 12.5. The number of nitrogens with one attached hydrogen (secondary N) is 2. The minimum absolute atomic E-state index is 0.206. The van der Waals surface area contributed by atoms with Crippen LogP contribution in [0.3, 0.4) is 0 Å². The maximum atomic E-state index is 12.1.